The lowest BCUT2D eigenvalue weighted by Crippen LogP contribution is -2.28. The maximum absolute atomic E-state index is 11.0. The van der Waals surface area contributed by atoms with Gasteiger partial charge in [-0.05, 0) is 25.3 Å². The third-order valence-corrected chi connectivity index (χ3v) is 3.91. The number of nitrogens with zero attached hydrogens (tertiary/aromatic N) is 3. The van der Waals surface area contributed by atoms with Crippen molar-refractivity contribution in [2.75, 3.05) is 18.4 Å². The SMILES string of the molecule is O=C(O)c1ccc([N+](=O)[O-])c(NC2CCN(C3CC3)C2)n1. The number of hydrogen-bond acceptors (Lipinski definition) is 6. The first-order valence-electron chi connectivity index (χ1n) is 6.94. The van der Waals surface area contributed by atoms with E-state index >= 15 is 0 Å². The Kier molecular flexibility index (Phi) is 3.46. The molecule has 1 unspecified atom stereocenters. The number of carboxylic acids is 1. The first kappa shape index (κ1) is 13.7. The van der Waals surface area contributed by atoms with Crippen LogP contribution in [-0.2, 0) is 0 Å². The third kappa shape index (κ3) is 2.94. The molecular weight excluding hydrogens is 276 g/mol. The summed E-state index contributed by atoms with van der Waals surface area (Å²) in [7, 11) is 0. The molecule has 21 heavy (non-hydrogen) atoms. The zero-order chi connectivity index (χ0) is 15.0. The fourth-order valence-electron chi connectivity index (χ4n) is 2.69. The van der Waals surface area contributed by atoms with Gasteiger partial charge in [-0.15, -0.1) is 0 Å². The Bertz CT molecular complexity index is 588. The Balaban J connectivity index is 1.77. The average Bonchev–Trinajstić information content (AvgIpc) is 3.19. The average molecular weight is 292 g/mol. The summed E-state index contributed by atoms with van der Waals surface area (Å²) >= 11 is 0. The highest BCUT2D eigenvalue weighted by molar-refractivity contribution is 5.86. The molecule has 3 rings (SSSR count). The zero-order valence-electron chi connectivity index (χ0n) is 11.4. The molecule has 1 saturated carbocycles. The lowest BCUT2D eigenvalue weighted by atomic mass is 10.2. The highest BCUT2D eigenvalue weighted by Crippen LogP contribution is 2.31. The summed E-state index contributed by atoms with van der Waals surface area (Å²) in [6, 6.07) is 3.06. The second-order valence-electron chi connectivity index (χ2n) is 5.48. The van der Waals surface area contributed by atoms with E-state index in [1.54, 1.807) is 0 Å². The van der Waals surface area contributed by atoms with E-state index in [-0.39, 0.29) is 23.2 Å². The third-order valence-electron chi connectivity index (χ3n) is 3.91. The van der Waals surface area contributed by atoms with Crippen LogP contribution in [0.5, 0.6) is 0 Å². The Hall–Kier alpha value is -2.22. The molecule has 2 heterocycles. The minimum Gasteiger partial charge on any atom is -0.477 e. The van der Waals surface area contributed by atoms with Crippen LogP contribution >= 0.6 is 0 Å². The largest absolute Gasteiger partial charge is 0.477 e. The molecule has 8 heteroatoms. The smallest absolute Gasteiger partial charge is 0.354 e. The quantitative estimate of drug-likeness (QED) is 0.622. The van der Waals surface area contributed by atoms with Gasteiger partial charge in [-0.25, -0.2) is 9.78 Å². The minimum atomic E-state index is -1.20. The van der Waals surface area contributed by atoms with Gasteiger partial charge in [0.25, 0.3) is 0 Å². The van der Waals surface area contributed by atoms with Crippen LogP contribution in [0.2, 0.25) is 0 Å². The molecule has 2 N–H and O–H groups in total. The monoisotopic (exact) mass is 292 g/mol. The van der Waals surface area contributed by atoms with Gasteiger partial charge in [0.2, 0.25) is 5.82 Å². The van der Waals surface area contributed by atoms with E-state index < -0.39 is 10.9 Å². The number of pyridine rings is 1. The molecule has 1 saturated heterocycles. The van der Waals surface area contributed by atoms with Gasteiger partial charge in [0.1, 0.15) is 0 Å². The van der Waals surface area contributed by atoms with E-state index in [9.17, 15) is 14.9 Å². The van der Waals surface area contributed by atoms with Gasteiger partial charge in [-0.1, -0.05) is 0 Å². The van der Waals surface area contributed by atoms with Crippen molar-refractivity contribution in [1.29, 1.82) is 0 Å². The van der Waals surface area contributed by atoms with Crippen molar-refractivity contribution in [1.82, 2.24) is 9.88 Å². The van der Waals surface area contributed by atoms with E-state index in [1.165, 1.54) is 18.9 Å². The molecule has 0 amide bonds. The molecule has 0 bridgehead atoms. The minimum absolute atomic E-state index is 0.0440. The van der Waals surface area contributed by atoms with E-state index in [2.05, 4.69) is 15.2 Å². The van der Waals surface area contributed by atoms with Gasteiger partial charge in [0.05, 0.1) is 4.92 Å². The maximum Gasteiger partial charge on any atom is 0.354 e. The van der Waals surface area contributed by atoms with Crippen LogP contribution in [0.15, 0.2) is 12.1 Å². The molecule has 112 valence electrons. The van der Waals surface area contributed by atoms with Crippen LogP contribution in [0.3, 0.4) is 0 Å². The van der Waals surface area contributed by atoms with E-state index in [1.807, 2.05) is 0 Å². The predicted octanol–water partition coefficient (Wildman–Crippen LogP) is 1.34. The van der Waals surface area contributed by atoms with Crippen molar-refractivity contribution in [3.8, 4) is 0 Å². The molecule has 2 aliphatic rings. The number of carbonyl (C=O) groups is 1. The molecule has 0 spiro atoms. The number of aromatic carboxylic acids is 1. The number of rotatable bonds is 5. The standard InChI is InChI=1S/C13H16N4O4/c18-13(19)10-3-4-11(17(20)21)12(15-10)14-8-5-6-16(7-8)9-1-2-9/h3-4,8-9H,1-2,5-7H2,(H,14,15)(H,18,19). The highest BCUT2D eigenvalue weighted by atomic mass is 16.6. The highest BCUT2D eigenvalue weighted by Gasteiger charge is 2.35. The number of likely N-dealkylation sites (tertiary alicyclic amines) is 1. The first-order chi connectivity index (χ1) is 10.0. The number of aromatic nitrogens is 1. The number of nitro groups is 1. The van der Waals surface area contributed by atoms with Crippen LogP contribution in [-0.4, -0.2) is 51.1 Å². The Morgan fingerprint density at radius 2 is 2.19 bits per heavy atom. The maximum atomic E-state index is 11.0. The summed E-state index contributed by atoms with van der Waals surface area (Å²) in [6.45, 7) is 1.79. The Morgan fingerprint density at radius 1 is 1.43 bits per heavy atom. The number of anilines is 1. The predicted molar refractivity (Wildman–Crippen MR) is 74.5 cm³/mol. The molecular formula is C13H16N4O4. The van der Waals surface area contributed by atoms with Crippen LogP contribution in [0.4, 0.5) is 11.5 Å². The van der Waals surface area contributed by atoms with Gasteiger partial charge in [-0.3, -0.25) is 15.0 Å². The van der Waals surface area contributed by atoms with Gasteiger partial charge in [0, 0.05) is 31.2 Å². The normalized spacial score (nSPS) is 22.2. The molecule has 2 fully saturated rings. The van der Waals surface area contributed by atoms with E-state index in [0.29, 0.717) is 6.04 Å². The summed E-state index contributed by atoms with van der Waals surface area (Å²) in [4.78, 5) is 27.7. The van der Waals surface area contributed by atoms with Crippen LogP contribution in [0.1, 0.15) is 29.8 Å². The number of hydrogen-bond donors (Lipinski definition) is 2. The lowest BCUT2D eigenvalue weighted by molar-refractivity contribution is -0.384. The van der Waals surface area contributed by atoms with Crippen molar-refractivity contribution >= 4 is 17.5 Å². The molecule has 1 aromatic rings. The van der Waals surface area contributed by atoms with Crippen molar-refractivity contribution < 1.29 is 14.8 Å². The van der Waals surface area contributed by atoms with Crippen molar-refractivity contribution in [3.63, 3.8) is 0 Å². The summed E-state index contributed by atoms with van der Waals surface area (Å²) in [5.74, 6) is -1.15. The van der Waals surface area contributed by atoms with E-state index in [4.69, 9.17) is 5.11 Å². The van der Waals surface area contributed by atoms with Crippen molar-refractivity contribution in [2.24, 2.45) is 0 Å². The summed E-state index contributed by atoms with van der Waals surface area (Å²) in [5.41, 5.74) is -0.384. The van der Waals surface area contributed by atoms with Crippen LogP contribution in [0.25, 0.3) is 0 Å². The Labute approximate surface area is 120 Å². The van der Waals surface area contributed by atoms with Crippen molar-refractivity contribution in [3.05, 3.63) is 27.9 Å². The molecule has 8 nitrogen and oxygen atoms in total. The molecule has 1 atom stereocenters. The summed E-state index contributed by atoms with van der Waals surface area (Å²) in [5, 5.41) is 23.0. The first-order valence-corrected chi connectivity index (χ1v) is 6.94. The molecule has 1 aliphatic carbocycles. The van der Waals surface area contributed by atoms with E-state index in [0.717, 1.165) is 25.6 Å². The molecule has 1 aliphatic heterocycles. The Morgan fingerprint density at radius 3 is 2.81 bits per heavy atom. The topological polar surface area (TPSA) is 109 Å². The fraction of sp³-hybridized carbons (Fsp3) is 0.538. The zero-order valence-corrected chi connectivity index (χ0v) is 11.4. The number of carboxylic acid groups (broad SMARTS) is 1. The van der Waals surface area contributed by atoms with Crippen LogP contribution in [0, 0.1) is 10.1 Å². The second-order valence-corrected chi connectivity index (χ2v) is 5.48. The molecule has 1 aromatic heterocycles. The van der Waals surface area contributed by atoms with Gasteiger partial charge in [0.15, 0.2) is 5.69 Å². The van der Waals surface area contributed by atoms with Crippen LogP contribution < -0.4 is 5.32 Å². The summed E-state index contributed by atoms with van der Waals surface area (Å²) < 4.78 is 0. The lowest BCUT2D eigenvalue weighted by Gasteiger charge is -2.16. The van der Waals surface area contributed by atoms with Gasteiger partial charge < -0.3 is 10.4 Å². The van der Waals surface area contributed by atoms with Gasteiger partial charge >= 0.3 is 11.7 Å². The molecule has 0 aromatic carbocycles. The second kappa shape index (κ2) is 5.28. The van der Waals surface area contributed by atoms with Gasteiger partial charge in [-0.2, -0.15) is 0 Å². The summed E-state index contributed by atoms with van der Waals surface area (Å²) in [6.07, 6.45) is 3.33. The molecule has 0 radical (unpaired) electrons. The van der Waals surface area contributed by atoms with Crippen molar-refractivity contribution in [2.45, 2.75) is 31.3 Å². The number of nitrogens with one attached hydrogen (secondary N) is 1. The fourth-order valence-corrected chi connectivity index (χ4v) is 2.69.